The Morgan fingerprint density at radius 3 is 2.50 bits per heavy atom. The largest absolute Gasteiger partial charge is 0.489 e. The van der Waals surface area contributed by atoms with E-state index in [1.165, 1.54) is 0 Å². The van der Waals surface area contributed by atoms with Crippen molar-refractivity contribution in [1.82, 2.24) is 0 Å². The highest BCUT2D eigenvalue weighted by Gasteiger charge is 2.20. The molecule has 0 fully saturated rings. The van der Waals surface area contributed by atoms with Gasteiger partial charge in [-0.05, 0) is 36.2 Å². The van der Waals surface area contributed by atoms with Crippen LogP contribution in [-0.2, 0) is 6.61 Å². The van der Waals surface area contributed by atoms with E-state index in [0.717, 1.165) is 51.3 Å². The summed E-state index contributed by atoms with van der Waals surface area (Å²) in [7, 11) is 0. The Hall–Kier alpha value is -2.82. The van der Waals surface area contributed by atoms with E-state index < -0.39 is 6.10 Å². The Balaban J connectivity index is 1.57. The molecule has 154 valence electrons. The normalized spacial score (nSPS) is 12.1. The van der Waals surface area contributed by atoms with Crippen LogP contribution in [0.2, 0.25) is 0 Å². The molecule has 1 heterocycles. The molecule has 0 amide bonds. The molecule has 0 aliphatic carbocycles. The first-order chi connectivity index (χ1) is 14.7. The van der Waals surface area contributed by atoms with Gasteiger partial charge in [0.1, 0.15) is 18.1 Å². The highest BCUT2D eigenvalue weighted by atomic mass is 32.1. The van der Waals surface area contributed by atoms with Crippen molar-refractivity contribution in [3.05, 3.63) is 89.3 Å². The van der Waals surface area contributed by atoms with Gasteiger partial charge in [0.25, 0.3) is 0 Å². The van der Waals surface area contributed by atoms with Crippen LogP contribution in [0.1, 0.15) is 42.7 Å². The third kappa shape index (κ3) is 4.84. The van der Waals surface area contributed by atoms with Gasteiger partial charge in [-0.2, -0.15) is 0 Å². The van der Waals surface area contributed by atoms with Crippen LogP contribution in [0.25, 0.3) is 10.1 Å². The highest BCUT2D eigenvalue weighted by Crippen LogP contribution is 2.44. The SMILES string of the molecule is CCCCC(O)c1sc2ccccc2c1Oc1cccc(OCc2ccccc2)c1. The molecule has 1 unspecified atom stereocenters. The fourth-order valence-corrected chi connectivity index (χ4v) is 4.53. The third-order valence-electron chi connectivity index (χ3n) is 4.98. The van der Waals surface area contributed by atoms with Gasteiger partial charge in [-0.25, -0.2) is 0 Å². The number of thiophene rings is 1. The quantitative estimate of drug-likeness (QED) is 0.306. The average molecular weight is 419 g/mol. The summed E-state index contributed by atoms with van der Waals surface area (Å²) in [5.41, 5.74) is 1.12. The summed E-state index contributed by atoms with van der Waals surface area (Å²) in [6.45, 7) is 2.64. The zero-order chi connectivity index (χ0) is 20.8. The predicted molar refractivity (Wildman–Crippen MR) is 124 cm³/mol. The van der Waals surface area contributed by atoms with Gasteiger partial charge < -0.3 is 14.6 Å². The number of benzene rings is 3. The summed E-state index contributed by atoms with van der Waals surface area (Å²) in [6, 6.07) is 25.9. The van der Waals surface area contributed by atoms with Gasteiger partial charge in [-0.3, -0.25) is 0 Å². The van der Waals surface area contributed by atoms with Crippen LogP contribution in [0.15, 0.2) is 78.9 Å². The smallest absolute Gasteiger partial charge is 0.151 e. The van der Waals surface area contributed by atoms with Crippen molar-refractivity contribution in [2.75, 3.05) is 0 Å². The van der Waals surface area contributed by atoms with E-state index >= 15 is 0 Å². The van der Waals surface area contributed by atoms with Crippen molar-refractivity contribution in [2.45, 2.75) is 38.9 Å². The molecule has 0 saturated carbocycles. The van der Waals surface area contributed by atoms with Gasteiger partial charge >= 0.3 is 0 Å². The third-order valence-corrected chi connectivity index (χ3v) is 6.24. The van der Waals surface area contributed by atoms with Gasteiger partial charge in [0.05, 0.1) is 11.0 Å². The Labute approximate surface area is 181 Å². The topological polar surface area (TPSA) is 38.7 Å². The predicted octanol–water partition coefficient (Wildman–Crippen LogP) is 7.50. The number of rotatable bonds is 9. The Bertz CT molecular complexity index is 1090. The number of aliphatic hydroxyl groups is 1. The van der Waals surface area contributed by atoms with Crippen molar-refractivity contribution in [2.24, 2.45) is 0 Å². The molecule has 30 heavy (non-hydrogen) atoms. The van der Waals surface area contributed by atoms with E-state index in [9.17, 15) is 5.11 Å². The molecule has 1 N–H and O–H groups in total. The van der Waals surface area contributed by atoms with E-state index in [4.69, 9.17) is 9.47 Å². The molecule has 0 aliphatic rings. The van der Waals surface area contributed by atoms with E-state index in [1.807, 2.05) is 72.8 Å². The summed E-state index contributed by atoms with van der Waals surface area (Å²) in [6.07, 6.45) is 2.26. The van der Waals surface area contributed by atoms with Gasteiger partial charge in [0.15, 0.2) is 5.75 Å². The summed E-state index contributed by atoms with van der Waals surface area (Å²) in [5, 5.41) is 11.8. The second-order valence-corrected chi connectivity index (χ2v) is 8.38. The van der Waals surface area contributed by atoms with Crippen molar-refractivity contribution in [3.63, 3.8) is 0 Å². The van der Waals surface area contributed by atoms with Crippen molar-refractivity contribution in [1.29, 1.82) is 0 Å². The van der Waals surface area contributed by atoms with Crippen molar-refractivity contribution < 1.29 is 14.6 Å². The number of fused-ring (bicyclic) bond motifs is 1. The van der Waals surface area contributed by atoms with E-state index in [2.05, 4.69) is 13.0 Å². The zero-order valence-corrected chi connectivity index (χ0v) is 17.9. The van der Waals surface area contributed by atoms with E-state index in [1.54, 1.807) is 11.3 Å². The maximum absolute atomic E-state index is 10.8. The second-order valence-electron chi connectivity index (χ2n) is 7.30. The summed E-state index contributed by atoms with van der Waals surface area (Å²) in [5.74, 6) is 2.21. The van der Waals surface area contributed by atoms with Crippen LogP contribution in [0.4, 0.5) is 0 Å². The lowest BCUT2D eigenvalue weighted by atomic mass is 10.1. The van der Waals surface area contributed by atoms with Crippen molar-refractivity contribution >= 4 is 21.4 Å². The summed E-state index contributed by atoms with van der Waals surface area (Å²) >= 11 is 1.61. The van der Waals surface area contributed by atoms with Crippen LogP contribution in [0, 0.1) is 0 Å². The Morgan fingerprint density at radius 2 is 1.67 bits per heavy atom. The lowest BCUT2D eigenvalue weighted by Crippen LogP contribution is -1.98. The highest BCUT2D eigenvalue weighted by molar-refractivity contribution is 7.19. The fraction of sp³-hybridized carbons (Fsp3) is 0.231. The maximum Gasteiger partial charge on any atom is 0.151 e. The van der Waals surface area contributed by atoms with Crippen LogP contribution in [0.5, 0.6) is 17.2 Å². The number of hydrogen-bond donors (Lipinski definition) is 1. The van der Waals surface area contributed by atoms with Gasteiger partial charge in [-0.15, -0.1) is 11.3 Å². The molecule has 3 nitrogen and oxygen atoms in total. The van der Waals surface area contributed by atoms with Crippen LogP contribution < -0.4 is 9.47 Å². The molecule has 3 aromatic carbocycles. The number of ether oxygens (including phenoxy) is 2. The summed E-state index contributed by atoms with van der Waals surface area (Å²) < 4.78 is 13.4. The molecule has 4 rings (SSSR count). The second kappa shape index (κ2) is 9.79. The Kier molecular flexibility index (Phi) is 6.67. The lowest BCUT2D eigenvalue weighted by molar-refractivity contribution is 0.165. The maximum atomic E-state index is 10.8. The molecule has 0 spiro atoms. The van der Waals surface area contributed by atoms with Crippen molar-refractivity contribution in [3.8, 4) is 17.2 Å². The average Bonchev–Trinajstić information content (AvgIpc) is 3.15. The van der Waals surface area contributed by atoms with Gasteiger partial charge in [-0.1, -0.05) is 68.3 Å². The standard InChI is InChI=1S/C26H26O3S/c1-2-3-15-23(27)26-25(22-14-7-8-16-24(22)30-26)29-21-13-9-12-20(17-21)28-18-19-10-5-4-6-11-19/h4-14,16-17,23,27H,2-3,15,18H2,1H3. The monoisotopic (exact) mass is 418 g/mol. The zero-order valence-electron chi connectivity index (χ0n) is 17.1. The first kappa shape index (κ1) is 20.5. The molecular formula is C26H26O3S. The van der Waals surface area contributed by atoms with E-state index in [0.29, 0.717) is 12.4 Å². The molecule has 1 aromatic heterocycles. The molecule has 4 heteroatoms. The molecule has 0 bridgehead atoms. The molecule has 0 aliphatic heterocycles. The number of unbranched alkanes of at least 4 members (excludes halogenated alkanes) is 1. The van der Waals surface area contributed by atoms with Crippen LogP contribution in [-0.4, -0.2) is 5.11 Å². The first-order valence-electron chi connectivity index (χ1n) is 10.4. The van der Waals surface area contributed by atoms with Crippen LogP contribution in [0.3, 0.4) is 0 Å². The lowest BCUT2D eigenvalue weighted by Gasteiger charge is -2.13. The van der Waals surface area contributed by atoms with Gasteiger partial charge in [0.2, 0.25) is 0 Å². The minimum Gasteiger partial charge on any atom is -0.489 e. The van der Waals surface area contributed by atoms with Crippen LogP contribution >= 0.6 is 11.3 Å². The summed E-state index contributed by atoms with van der Waals surface area (Å²) in [4.78, 5) is 0.889. The fourth-order valence-electron chi connectivity index (χ4n) is 3.38. The van der Waals surface area contributed by atoms with E-state index in [-0.39, 0.29) is 0 Å². The Morgan fingerprint density at radius 1 is 0.900 bits per heavy atom. The molecule has 1 atom stereocenters. The first-order valence-corrected chi connectivity index (χ1v) is 11.2. The van der Waals surface area contributed by atoms with Gasteiger partial charge in [0, 0.05) is 16.2 Å². The molecule has 0 saturated heterocycles. The number of aliphatic hydroxyl groups excluding tert-OH is 1. The molecule has 0 radical (unpaired) electrons. The molecule has 4 aromatic rings. The number of hydrogen-bond acceptors (Lipinski definition) is 4. The minimum atomic E-state index is -0.519. The minimum absolute atomic E-state index is 0.507. The molecular weight excluding hydrogens is 392 g/mol.